The number of methoxy groups -OCH3 is 1. The van der Waals surface area contributed by atoms with Crippen LogP contribution in [0.25, 0.3) is 0 Å². The highest BCUT2D eigenvalue weighted by Gasteiger charge is 2.34. The maximum atomic E-state index is 5.26. The highest BCUT2D eigenvalue weighted by Crippen LogP contribution is 2.29. The van der Waals surface area contributed by atoms with Crippen molar-refractivity contribution in [1.82, 2.24) is 15.1 Å². The Bertz CT molecular complexity index is 249. The standard InChI is InChI=1S/C14H29N3O/c1-15-13(11-18-3)10-17-8-6-14-12(9-17)5-4-7-16(14)2/h12-15H,4-11H2,1-3H3. The summed E-state index contributed by atoms with van der Waals surface area (Å²) in [4.78, 5) is 5.21. The summed E-state index contributed by atoms with van der Waals surface area (Å²) in [5.74, 6) is 0.887. The summed E-state index contributed by atoms with van der Waals surface area (Å²) >= 11 is 0. The van der Waals surface area contributed by atoms with E-state index in [2.05, 4.69) is 22.2 Å². The molecule has 0 spiro atoms. The van der Waals surface area contributed by atoms with E-state index in [-0.39, 0.29) is 0 Å². The zero-order valence-corrected chi connectivity index (χ0v) is 12.2. The number of nitrogens with one attached hydrogen (secondary N) is 1. The van der Waals surface area contributed by atoms with E-state index in [4.69, 9.17) is 4.74 Å². The van der Waals surface area contributed by atoms with E-state index in [9.17, 15) is 0 Å². The second-order valence-electron chi connectivity index (χ2n) is 5.94. The van der Waals surface area contributed by atoms with Crippen molar-refractivity contribution in [2.24, 2.45) is 5.92 Å². The summed E-state index contributed by atoms with van der Waals surface area (Å²) in [6.45, 7) is 5.74. The van der Waals surface area contributed by atoms with Gasteiger partial charge in [0.05, 0.1) is 6.61 Å². The Morgan fingerprint density at radius 1 is 1.33 bits per heavy atom. The number of nitrogens with zero attached hydrogens (tertiary/aromatic N) is 2. The predicted octanol–water partition coefficient (Wildman–Crippen LogP) is 0.637. The molecule has 3 atom stereocenters. The van der Waals surface area contributed by atoms with Gasteiger partial charge in [-0.3, -0.25) is 0 Å². The van der Waals surface area contributed by atoms with Crippen LogP contribution < -0.4 is 5.32 Å². The number of likely N-dealkylation sites (tertiary alicyclic amines) is 2. The smallest absolute Gasteiger partial charge is 0.0628 e. The van der Waals surface area contributed by atoms with Gasteiger partial charge >= 0.3 is 0 Å². The number of likely N-dealkylation sites (N-methyl/N-ethyl adjacent to an activating group) is 1. The van der Waals surface area contributed by atoms with Crippen LogP contribution in [0.1, 0.15) is 19.3 Å². The van der Waals surface area contributed by atoms with Crippen LogP contribution in [0, 0.1) is 5.92 Å². The first-order chi connectivity index (χ1) is 8.74. The molecule has 2 saturated heterocycles. The Morgan fingerprint density at radius 2 is 2.17 bits per heavy atom. The number of ether oxygens (including phenoxy) is 1. The topological polar surface area (TPSA) is 27.7 Å². The van der Waals surface area contributed by atoms with Gasteiger partial charge in [0.1, 0.15) is 0 Å². The number of piperidine rings is 2. The van der Waals surface area contributed by atoms with E-state index in [1.165, 1.54) is 38.9 Å². The Balaban J connectivity index is 1.82. The van der Waals surface area contributed by atoms with Gasteiger partial charge in [0.25, 0.3) is 0 Å². The molecule has 0 amide bonds. The molecule has 0 saturated carbocycles. The molecule has 106 valence electrons. The monoisotopic (exact) mass is 255 g/mol. The van der Waals surface area contributed by atoms with E-state index >= 15 is 0 Å². The molecule has 0 bridgehead atoms. The highest BCUT2D eigenvalue weighted by atomic mass is 16.5. The van der Waals surface area contributed by atoms with Gasteiger partial charge in [-0.25, -0.2) is 0 Å². The molecule has 2 rings (SSSR count). The van der Waals surface area contributed by atoms with Crippen molar-refractivity contribution >= 4 is 0 Å². The molecule has 1 N–H and O–H groups in total. The molecule has 3 unspecified atom stereocenters. The number of fused-ring (bicyclic) bond motifs is 1. The Hall–Kier alpha value is -0.160. The average Bonchev–Trinajstić information content (AvgIpc) is 2.38. The molecule has 4 heteroatoms. The van der Waals surface area contributed by atoms with E-state index in [0.717, 1.165) is 25.1 Å². The molecule has 4 nitrogen and oxygen atoms in total. The molecule has 2 aliphatic rings. The fourth-order valence-corrected chi connectivity index (χ4v) is 3.63. The summed E-state index contributed by atoms with van der Waals surface area (Å²) in [7, 11) is 6.12. The average molecular weight is 255 g/mol. The van der Waals surface area contributed by atoms with Crippen LogP contribution in [-0.4, -0.2) is 75.9 Å². The number of hydrogen-bond donors (Lipinski definition) is 1. The van der Waals surface area contributed by atoms with Crippen LogP contribution in [0.3, 0.4) is 0 Å². The van der Waals surface area contributed by atoms with Crippen LogP contribution in [0.5, 0.6) is 0 Å². The third-order valence-electron chi connectivity index (χ3n) is 4.68. The number of rotatable bonds is 5. The lowest BCUT2D eigenvalue weighted by Gasteiger charge is -2.46. The van der Waals surface area contributed by atoms with Crippen molar-refractivity contribution in [2.45, 2.75) is 31.3 Å². The molecule has 0 radical (unpaired) electrons. The lowest BCUT2D eigenvalue weighted by molar-refractivity contribution is 0.0302. The van der Waals surface area contributed by atoms with Gasteiger partial charge in [-0.05, 0) is 52.4 Å². The van der Waals surface area contributed by atoms with Crippen molar-refractivity contribution < 1.29 is 4.74 Å². The van der Waals surface area contributed by atoms with Gasteiger partial charge in [0, 0.05) is 32.3 Å². The van der Waals surface area contributed by atoms with Crippen molar-refractivity contribution in [3.8, 4) is 0 Å². The van der Waals surface area contributed by atoms with Gasteiger partial charge in [0.15, 0.2) is 0 Å². The van der Waals surface area contributed by atoms with Crippen LogP contribution in [0.15, 0.2) is 0 Å². The second-order valence-corrected chi connectivity index (χ2v) is 5.94. The molecule has 2 heterocycles. The van der Waals surface area contributed by atoms with Crippen molar-refractivity contribution in [3.05, 3.63) is 0 Å². The Morgan fingerprint density at radius 3 is 2.89 bits per heavy atom. The summed E-state index contributed by atoms with van der Waals surface area (Å²) < 4.78 is 5.26. The molecule has 0 aromatic heterocycles. The fourth-order valence-electron chi connectivity index (χ4n) is 3.63. The largest absolute Gasteiger partial charge is 0.383 e. The molecule has 2 aliphatic heterocycles. The third-order valence-corrected chi connectivity index (χ3v) is 4.68. The molecule has 0 aromatic rings. The SMILES string of the molecule is CNC(COC)CN1CCC2C(CCCN2C)C1. The van der Waals surface area contributed by atoms with Crippen LogP contribution in [-0.2, 0) is 4.74 Å². The minimum absolute atomic E-state index is 0.466. The molecule has 0 aliphatic carbocycles. The van der Waals surface area contributed by atoms with E-state index in [0.29, 0.717) is 6.04 Å². The molecular formula is C14H29N3O. The van der Waals surface area contributed by atoms with E-state index < -0.39 is 0 Å². The van der Waals surface area contributed by atoms with Gasteiger partial charge < -0.3 is 19.9 Å². The van der Waals surface area contributed by atoms with Crippen LogP contribution >= 0.6 is 0 Å². The molecular weight excluding hydrogens is 226 g/mol. The minimum atomic E-state index is 0.466. The molecule has 2 fully saturated rings. The zero-order chi connectivity index (χ0) is 13.0. The fraction of sp³-hybridized carbons (Fsp3) is 1.00. The molecule has 0 aromatic carbocycles. The maximum absolute atomic E-state index is 5.26. The van der Waals surface area contributed by atoms with Crippen molar-refractivity contribution in [1.29, 1.82) is 0 Å². The first kappa shape index (κ1) is 14.3. The Kier molecular flexibility index (Phi) is 5.42. The Labute approximate surface area is 112 Å². The minimum Gasteiger partial charge on any atom is -0.383 e. The van der Waals surface area contributed by atoms with Crippen molar-refractivity contribution in [2.75, 3.05) is 54.0 Å². The van der Waals surface area contributed by atoms with Crippen molar-refractivity contribution in [3.63, 3.8) is 0 Å². The normalized spacial score (nSPS) is 32.2. The lowest BCUT2D eigenvalue weighted by atomic mass is 9.84. The summed E-state index contributed by atoms with van der Waals surface area (Å²) in [6, 6.07) is 1.30. The third kappa shape index (κ3) is 3.44. The highest BCUT2D eigenvalue weighted by molar-refractivity contribution is 4.90. The first-order valence-electron chi connectivity index (χ1n) is 7.33. The van der Waals surface area contributed by atoms with E-state index in [1.54, 1.807) is 7.11 Å². The first-order valence-corrected chi connectivity index (χ1v) is 7.33. The second kappa shape index (κ2) is 6.85. The van der Waals surface area contributed by atoms with Gasteiger partial charge in [0.2, 0.25) is 0 Å². The zero-order valence-electron chi connectivity index (χ0n) is 12.2. The van der Waals surface area contributed by atoms with Crippen LogP contribution in [0.2, 0.25) is 0 Å². The van der Waals surface area contributed by atoms with Gasteiger partial charge in [-0.2, -0.15) is 0 Å². The lowest BCUT2D eigenvalue weighted by Crippen LogP contribution is -2.55. The predicted molar refractivity (Wildman–Crippen MR) is 74.9 cm³/mol. The maximum Gasteiger partial charge on any atom is 0.0628 e. The summed E-state index contributed by atoms with van der Waals surface area (Å²) in [5, 5.41) is 3.35. The summed E-state index contributed by atoms with van der Waals surface area (Å²) in [5.41, 5.74) is 0. The molecule has 18 heavy (non-hydrogen) atoms. The van der Waals surface area contributed by atoms with Gasteiger partial charge in [-0.1, -0.05) is 0 Å². The number of hydrogen-bond acceptors (Lipinski definition) is 4. The van der Waals surface area contributed by atoms with Gasteiger partial charge in [-0.15, -0.1) is 0 Å². The summed E-state index contributed by atoms with van der Waals surface area (Å²) in [6.07, 6.45) is 4.13. The van der Waals surface area contributed by atoms with E-state index in [1.807, 2.05) is 7.05 Å². The quantitative estimate of drug-likeness (QED) is 0.780. The van der Waals surface area contributed by atoms with Crippen LogP contribution in [0.4, 0.5) is 0 Å².